The molecule has 1 N–H and O–H groups in total. The fourth-order valence-corrected chi connectivity index (χ4v) is 5.37. The smallest absolute Gasteiger partial charge is 0.248 e. The zero-order valence-electron chi connectivity index (χ0n) is 15.6. The molecule has 3 heterocycles. The number of nitrogens with zero attached hydrogens (tertiary/aromatic N) is 2. The molecule has 0 atom stereocenters. The quantitative estimate of drug-likeness (QED) is 0.731. The summed E-state index contributed by atoms with van der Waals surface area (Å²) < 4.78 is 33.8. The Kier molecular flexibility index (Phi) is 3.96. The first-order chi connectivity index (χ1) is 13.4. The predicted molar refractivity (Wildman–Crippen MR) is 104 cm³/mol. The van der Waals surface area contributed by atoms with Crippen LogP contribution in [-0.2, 0) is 23.0 Å². The summed E-state index contributed by atoms with van der Waals surface area (Å²) >= 11 is 0. The van der Waals surface area contributed by atoms with Gasteiger partial charge in [0.2, 0.25) is 15.6 Å². The number of aromatic nitrogens is 2. The van der Waals surface area contributed by atoms with Gasteiger partial charge in [-0.15, -0.1) is 0 Å². The van der Waals surface area contributed by atoms with Gasteiger partial charge >= 0.3 is 0 Å². The van der Waals surface area contributed by atoms with Crippen LogP contribution < -0.4 is 5.56 Å². The Hall–Kier alpha value is -2.45. The summed E-state index contributed by atoms with van der Waals surface area (Å²) in [6.45, 7) is 2.41. The summed E-state index contributed by atoms with van der Waals surface area (Å²) in [5.41, 5.74) is 1.92. The average molecular weight is 399 g/mol. The van der Waals surface area contributed by atoms with Crippen LogP contribution in [0, 0.1) is 6.92 Å². The van der Waals surface area contributed by atoms with Gasteiger partial charge in [-0.2, -0.15) is 4.31 Å². The molecule has 1 saturated carbocycles. The van der Waals surface area contributed by atoms with Crippen LogP contribution in [0.4, 0.5) is 0 Å². The number of benzene rings is 1. The first-order valence-electron chi connectivity index (χ1n) is 9.54. The van der Waals surface area contributed by atoms with E-state index in [4.69, 9.17) is 4.42 Å². The van der Waals surface area contributed by atoms with Crippen molar-refractivity contribution in [3.63, 3.8) is 0 Å². The number of hydrogen-bond acceptors (Lipinski definition) is 5. The molecule has 1 fully saturated rings. The van der Waals surface area contributed by atoms with Crippen molar-refractivity contribution >= 4 is 20.9 Å². The molecule has 0 radical (unpaired) electrons. The first-order valence-corrected chi connectivity index (χ1v) is 11.0. The molecule has 0 saturated heterocycles. The molecule has 8 heteroatoms. The summed E-state index contributed by atoms with van der Waals surface area (Å²) in [7, 11) is -3.67. The zero-order valence-corrected chi connectivity index (χ0v) is 16.4. The third kappa shape index (κ3) is 2.79. The van der Waals surface area contributed by atoms with Gasteiger partial charge in [0.25, 0.3) is 0 Å². The maximum atomic E-state index is 13.2. The van der Waals surface area contributed by atoms with Crippen LogP contribution in [0.5, 0.6) is 0 Å². The molecule has 7 nitrogen and oxygen atoms in total. The molecule has 0 unspecified atom stereocenters. The lowest BCUT2D eigenvalue weighted by Gasteiger charge is -2.24. The largest absolute Gasteiger partial charge is 0.445 e. The molecule has 5 rings (SSSR count). The summed E-state index contributed by atoms with van der Waals surface area (Å²) in [5.74, 6) is 1.97. The van der Waals surface area contributed by atoms with E-state index in [0.717, 1.165) is 41.1 Å². The van der Waals surface area contributed by atoms with Gasteiger partial charge < -0.3 is 9.40 Å². The van der Waals surface area contributed by atoms with Crippen LogP contribution in [0.3, 0.4) is 0 Å². The fraction of sp³-hybridized carbons (Fsp3) is 0.400. The van der Waals surface area contributed by atoms with Crippen molar-refractivity contribution < 1.29 is 12.8 Å². The van der Waals surface area contributed by atoms with Crippen LogP contribution in [0.1, 0.15) is 48.1 Å². The normalized spacial score (nSPS) is 18.2. The second-order valence-corrected chi connectivity index (χ2v) is 9.60. The summed E-state index contributed by atoms with van der Waals surface area (Å²) in [6.07, 6.45) is 3.93. The molecule has 146 valence electrons. The van der Waals surface area contributed by atoms with Gasteiger partial charge in [-0.05, 0) is 43.5 Å². The van der Waals surface area contributed by atoms with E-state index < -0.39 is 10.0 Å². The van der Waals surface area contributed by atoms with E-state index in [9.17, 15) is 13.2 Å². The van der Waals surface area contributed by atoms with Crippen molar-refractivity contribution in [2.75, 3.05) is 6.54 Å². The molecule has 2 aliphatic rings. The Morgan fingerprint density at radius 3 is 2.82 bits per heavy atom. The molecule has 0 amide bonds. The minimum Gasteiger partial charge on any atom is -0.445 e. The van der Waals surface area contributed by atoms with Gasteiger partial charge in [-0.25, -0.2) is 13.4 Å². The van der Waals surface area contributed by atoms with Gasteiger partial charge in [0, 0.05) is 35.9 Å². The minimum atomic E-state index is -3.67. The monoisotopic (exact) mass is 399 g/mol. The van der Waals surface area contributed by atoms with Crippen LogP contribution in [0.15, 0.2) is 38.4 Å². The molecule has 3 aromatic rings. The molecule has 1 aliphatic heterocycles. The highest BCUT2D eigenvalue weighted by Crippen LogP contribution is 2.37. The second kappa shape index (κ2) is 6.28. The molecular formula is C20H21N3O4S. The van der Waals surface area contributed by atoms with Gasteiger partial charge in [0.1, 0.15) is 5.76 Å². The Bertz CT molecular complexity index is 1240. The van der Waals surface area contributed by atoms with Crippen molar-refractivity contribution in [3.05, 3.63) is 57.5 Å². The Balaban J connectivity index is 1.48. The number of oxazole rings is 1. The van der Waals surface area contributed by atoms with Crippen LogP contribution in [-0.4, -0.2) is 29.2 Å². The highest BCUT2D eigenvalue weighted by atomic mass is 32.2. The van der Waals surface area contributed by atoms with Crippen molar-refractivity contribution in [3.8, 4) is 0 Å². The van der Waals surface area contributed by atoms with Crippen LogP contribution in [0.2, 0.25) is 0 Å². The van der Waals surface area contributed by atoms with Gasteiger partial charge in [0.05, 0.1) is 17.1 Å². The van der Waals surface area contributed by atoms with Crippen LogP contribution in [0.25, 0.3) is 10.9 Å². The maximum Gasteiger partial charge on any atom is 0.248 e. The van der Waals surface area contributed by atoms with Crippen molar-refractivity contribution in [2.45, 2.75) is 50.0 Å². The average Bonchev–Trinajstić information content (AvgIpc) is 3.02. The lowest BCUT2D eigenvalue weighted by Crippen LogP contribution is -2.35. The zero-order chi connectivity index (χ0) is 19.5. The summed E-state index contributed by atoms with van der Waals surface area (Å²) in [5, 5.41) is 0.729. The highest BCUT2D eigenvalue weighted by molar-refractivity contribution is 7.89. The number of hydrogen-bond donors (Lipinski definition) is 1. The molecule has 1 aliphatic carbocycles. The number of pyridine rings is 1. The van der Waals surface area contributed by atoms with Crippen molar-refractivity contribution in [1.29, 1.82) is 0 Å². The summed E-state index contributed by atoms with van der Waals surface area (Å²) in [4.78, 5) is 19.2. The fourth-order valence-electron chi connectivity index (χ4n) is 3.94. The lowest BCUT2D eigenvalue weighted by atomic mass is 9.85. The summed E-state index contributed by atoms with van der Waals surface area (Å²) in [6, 6.07) is 6.30. The van der Waals surface area contributed by atoms with Crippen molar-refractivity contribution in [2.24, 2.45) is 0 Å². The Morgan fingerprint density at radius 2 is 2.07 bits per heavy atom. The third-order valence-electron chi connectivity index (χ3n) is 5.82. The standard InChI is InChI=1S/C20H21N3O4S/c1-12-9-19(24)21-16-6-5-14(10-15(12)16)28(25,26)23-8-7-18-17(11-23)22-20(27-18)13-3-2-4-13/h5-6,9-10,13H,2-4,7-8,11H2,1H3,(H,21,24). The predicted octanol–water partition coefficient (Wildman–Crippen LogP) is 2.84. The molecular weight excluding hydrogens is 378 g/mol. The van der Waals surface area contributed by atoms with E-state index in [1.807, 2.05) is 0 Å². The van der Waals surface area contributed by atoms with Crippen molar-refractivity contribution in [1.82, 2.24) is 14.3 Å². The number of H-pyrrole nitrogens is 1. The van der Waals surface area contributed by atoms with Crippen LogP contribution >= 0.6 is 0 Å². The minimum absolute atomic E-state index is 0.197. The van der Waals surface area contributed by atoms with E-state index in [2.05, 4.69) is 9.97 Å². The number of rotatable bonds is 3. The Morgan fingerprint density at radius 1 is 1.25 bits per heavy atom. The van der Waals surface area contributed by atoms with Gasteiger partial charge in [-0.3, -0.25) is 4.79 Å². The molecule has 28 heavy (non-hydrogen) atoms. The van der Waals surface area contributed by atoms with Gasteiger partial charge in [-0.1, -0.05) is 6.42 Å². The highest BCUT2D eigenvalue weighted by Gasteiger charge is 2.33. The Labute approximate surface area is 162 Å². The molecule has 0 bridgehead atoms. The SMILES string of the molecule is Cc1cc(=O)[nH]c2ccc(S(=O)(=O)N3CCc4oc(C5CCC5)nc4C3)cc12. The number of sulfonamides is 1. The number of nitrogens with one attached hydrogen (secondary N) is 1. The van der Waals surface area contributed by atoms with E-state index >= 15 is 0 Å². The van der Waals surface area contributed by atoms with E-state index in [0.29, 0.717) is 24.4 Å². The van der Waals surface area contributed by atoms with E-state index in [-0.39, 0.29) is 17.0 Å². The second-order valence-electron chi connectivity index (χ2n) is 7.66. The number of aromatic amines is 1. The number of fused-ring (bicyclic) bond motifs is 2. The maximum absolute atomic E-state index is 13.2. The van der Waals surface area contributed by atoms with E-state index in [1.54, 1.807) is 25.1 Å². The third-order valence-corrected chi connectivity index (χ3v) is 7.66. The number of aryl methyl sites for hydroxylation is 1. The molecule has 2 aromatic heterocycles. The van der Waals surface area contributed by atoms with E-state index in [1.165, 1.54) is 16.8 Å². The molecule has 0 spiro atoms. The first kappa shape index (κ1) is 17.6. The topological polar surface area (TPSA) is 96.3 Å². The van der Waals surface area contributed by atoms with Gasteiger partial charge in [0.15, 0.2) is 5.89 Å². The molecule has 1 aromatic carbocycles. The lowest BCUT2D eigenvalue weighted by molar-refractivity contribution is 0.314.